The number of carbonyl (C=O) groups excluding carboxylic acids is 1. The first-order valence-electron chi connectivity index (χ1n) is 5.30. The van der Waals surface area contributed by atoms with Crippen molar-refractivity contribution in [2.75, 3.05) is 12.8 Å². The first-order valence-corrected chi connectivity index (χ1v) is 6.97. The summed E-state index contributed by atoms with van der Waals surface area (Å²) < 4.78 is 2.58. The second-order valence-corrected chi connectivity index (χ2v) is 5.83. The number of rotatable bonds is 4. The van der Waals surface area contributed by atoms with E-state index in [4.69, 9.17) is 5.73 Å². The van der Waals surface area contributed by atoms with Gasteiger partial charge in [-0.05, 0) is 28.1 Å². The van der Waals surface area contributed by atoms with Gasteiger partial charge in [0.15, 0.2) is 0 Å². The zero-order valence-corrected chi connectivity index (χ0v) is 12.2. The molecule has 7 heteroatoms. The number of anilines is 1. The van der Waals surface area contributed by atoms with Crippen LogP contribution in [-0.4, -0.2) is 27.6 Å². The highest BCUT2D eigenvalue weighted by Gasteiger charge is 2.11. The maximum atomic E-state index is 12.0. The van der Waals surface area contributed by atoms with Crippen molar-refractivity contribution < 1.29 is 4.79 Å². The molecule has 0 bridgehead atoms. The summed E-state index contributed by atoms with van der Waals surface area (Å²) in [6, 6.07) is 3.68. The fourth-order valence-electron chi connectivity index (χ4n) is 1.48. The summed E-state index contributed by atoms with van der Waals surface area (Å²) in [4.78, 5) is 14.8. The van der Waals surface area contributed by atoms with Crippen molar-refractivity contribution in [3.8, 4) is 0 Å². The van der Waals surface area contributed by atoms with E-state index in [1.54, 1.807) is 40.2 Å². The Kier molecular flexibility index (Phi) is 4.03. The molecule has 0 fully saturated rings. The van der Waals surface area contributed by atoms with E-state index in [9.17, 15) is 4.79 Å². The van der Waals surface area contributed by atoms with Crippen LogP contribution in [0.5, 0.6) is 0 Å². The molecule has 0 aliphatic carbocycles. The number of nitrogen functional groups attached to an aromatic ring is 1. The van der Waals surface area contributed by atoms with E-state index < -0.39 is 0 Å². The summed E-state index contributed by atoms with van der Waals surface area (Å²) in [5.41, 5.74) is 5.50. The third-order valence-corrected chi connectivity index (χ3v) is 4.08. The molecule has 2 heterocycles. The Balaban J connectivity index is 1.92. The van der Waals surface area contributed by atoms with E-state index in [1.807, 2.05) is 11.4 Å². The van der Waals surface area contributed by atoms with E-state index in [2.05, 4.69) is 21.0 Å². The van der Waals surface area contributed by atoms with Crippen LogP contribution in [0.15, 0.2) is 28.2 Å². The Morgan fingerprint density at radius 3 is 3.00 bits per heavy atom. The minimum atomic E-state index is 0.00243. The Hall–Kier alpha value is -1.34. The first-order chi connectivity index (χ1) is 8.54. The largest absolute Gasteiger partial charge is 0.382 e. The van der Waals surface area contributed by atoms with Crippen LogP contribution in [0.25, 0.3) is 0 Å². The zero-order valence-electron chi connectivity index (χ0n) is 9.84. The van der Waals surface area contributed by atoms with Crippen molar-refractivity contribution in [3.63, 3.8) is 0 Å². The molecule has 0 aliphatic heterocycles. The lowest BCUT2D eigenvalue weighted by Gasteiger charge is -2.16. The van der Waals surface area contributed by atoms with Crippen LogP contribution in [0.3, 0.4) is 0 Å². The Labute approximate surface area is 117 Å². The smallest absolute Gasteiger partial charge is 0.244 e. The van der Waals surface area contributed by atoms with E-state index in [0.29, 0.717) is 12.4 Å². The Bertz CT molecular complexity index is 551. The summed E-state index contributed by atoms with van der Waals surface area (Å²) in [6.45, 7) is 0.812. The number of halogens is 1. The van der Waals surface area contributed by atoms with Crippen LogP contribution in [0.1, 0.15) is 4.88 Å². The number of nitrogens with zero attached hydrogens (tertiary/aromatic N) is 3. The van der Waals surface area contributed by atoms with Crippen molar-refractivity contribution >= 4 is 39.0 Å². The molecule has 5 nitrogen and oxygen atoms in total. The van der Waals surface area contributed by atoms with Gasteiger partial charge in [0.2, 0.25) is 5.91 Å². The number of hydrogen-bond acceptors (Lipinski definition) is 4. The van der Waals surface area contributed by atoms with Crippen LogP contribution in [0, 0.1) is 0 Å². The number of hydrogen-bond donors (Lipinski definition) is 1. The van der Waals surface area contributed by atoms with Gasteiger partial charge in [-0.25, -0.2) is 0 Å². The van der Waals surface area contributed by atoms with Gasteiger partial charge in [-0.15, -0.1) is 11.3 Å². The molecule has 0 radical (unpaired) electrons. The number of carbonyl (C=O) groups is 1. The molecule has 0 aliphatic rings. The summed E-state index contributed by atoms with van der Waals surface area (Å²) in [5.74, 6) is 0.426. The molecule has 18 heavy (non-hydrogen) atoms. The van der Waals surface area contributed by atoms with Gasteiger partial charge in [0.25, 0.3) is 0 Å². The van der Waals surface area contributed by atoms with Gasteiger partial charge in [-0.1, -0.05) is 0 Å². The molecular weight excluding hydrogens is 316 g/mol. The minimum Gasteiger partial charge on any atom is -0.382 e. The normalized spacial score (nSPS) is 10.6. The second-order valence-electron chi connectivity index (χ2n) is 3.92. The Morgan fingerprint density at radius 1 is 1.67 bits per heavy atom. The van der Waals surface area contributed by atoms with Crippen molar-refractivity contribution in [1.82, 2.24) is 14.7 Å². The summed E-state index contributed by atoms with van der Waals surface area (Å²) >= 11 is 5.02. The monoisotopic (exact) mass is 328 g/mol. The fraction of sp³-hybridized carbons (Fsp3) is 0.273. The number of likely N-dealkylation sites (N-methyl/N-ethyl adjacent to an activating group) is 1. The molecule has 2 aromatic heterocycles. The van der Waals surface area contributed by atoms with Crippen LogP contribution >= 0.6 is 27.3 Å². The molecule has 0 spiro atoms. The SMILES string of the molecule is CN(Cc1cc(Br)cs1)C(=O)Cn1ccc(N)n1. The quantitative estimate of drug-likeness (QED) is 0.932. The third-order valence-electron chi connectivity index (χ3n) is 2.40. The van der Waals surface area contributed by atoms with E-state index in [1.165, 1.54) is 0 Å². The van der Waals surface area contributed by atoms with Crippen LogP contribution < -0.4 is 5.73 Å². The van der Waals surface area contributed by atoms with Crippen LogP contribution in [-0.2, 0) is 17.9 Å². The zero-order chi connectivity index (χ0) is 13.1. The average molecular weight is 329 g/mol. The van der Waals surface area contributed by atoms with Gasteiger partial charge in [-0.3, -0.25) is 9.48 Å². The fourth-order valence-corrected chi connectivity index (χ4v) is 2.99. The molecule has 96 valence electrons. The molecule has 2 N–H and O–H groups in total. The lowest BCUT2D eigenvalue weighted by Crippen LogP contribution is -2.29. The first kappa shape index (κ1) is 13.1. The lowest BCUT2D eigenvalue weighted by molar-refractivity contribution is -0.131. The molecule has 0 saturated carbocycles. The summed E-state index contributed by atoms with van der Waals surface area (Å²) in [6.07, 6.45) is 1.70. The van der Waals surface area contributed by atoms with Crippen LogP contribution in [0.4, 0.5) is 5.82 Å². The van der Waals surface area contributed by atoms with Crippen molar-refractivity contribution in [1.29, 1.82) is 0 Å². The van der Waals surface area contributed by atoms with Gasteiger partial charge < -0.3 is 10.6 Å². The summed E-state index contributed by atoms with van der Waals surface area (Å²) in [7, 11) is 1.78. The molecule has 0 saturated heterocycles. The molecule has 1 amide bonds. The molecule has 0 atom stereocenters. The van der Waals surface area contributed by atoms with E-state index >= 15 is 0 Å². The van der Waals surface area contributed by atoms with Crippen LogP contribution in [0.2, 0.25) is 0 Å². The molecule has 0 unspecified atom stereocenters. The second kappa shape index (κ2) is 5.53. The van der Waals surface area contributed by atoms with Gasteiger partial charge >= 0.3 is 0 Å². The van der Waals surface area contributed by atoms with Crippen molar-refractivity contribution in [2.45, 2.75) is 13.1 Å². The average Bonchev–Trinajstić information content (AvgIpc) is 2.88. The van der Waals surface area contributed by atoms with Gasteiger partial charge in [0.1, 0.15) is 12.4 Å². The maximum absolute atomic E-state index is 12.0. The molecule has 0 aromatic carbocycles. The number of nitrogens with two attached hydrogens (primary N) is 1. The molecule has 2 aromatic rings. The Morgan fingerprint density at radius 2 is 2.44 bits per heavy atom. The van der Waals surface area contributed by atoms with Crippen molar-refractivity contribution in [2.24, 2.45) is 0 Å². The van der Waals surface area contributed by atoms with Gasteiger partial charge in [-0.2, -0.15) is 5.10 Å². The third kappa shape index (κ3) is 3.33. The maximum Gasteiger partial charge on any atom is 0.244 e. The molecular formula is C11H13BrN4OS. The summed E-state index contributed by atoms with van der Waals surface area (Å²) in [5, 5.41) is 5.99. The minimum absolute atomic E-state index is 0.00243. The van der Waals surface area contributed by atoms with Gasteiger partial charge in [0, 0.05) is 28.0 Å². The molecule has 2 rings (SSSR count). The topological polar surface area (TPSA) is 64.2 Å². The van der Waals surface area contributed by atoms with Crippen molar-refractivity contribution in [3.05, 3.63) is 33.1 Å². The van der Waals surface area contributed by atoms with Gasteiger partial charge in [0.05, 0.1) is 6.54 Å². The highest BCUT2D eigenvalue weighted by molar-refractivity contribution is 9.10. The predicted molar refractivity (Wildman–Crippen MR) is 75.1 cm³/mol. The van der Waals surface area contributed by atoms with E-state index in [0.717, 1.165) is 9.35 Å². The highest BCUT2D eigenvalue weighted by atomic mass is 79.9. The number of amides is 1. The number of aromatic nitrogens is 2. The standard InChI is InChI=1S/C11H13BrN4OS/c1-15(5-9-4-8(12)7-18-9)11(17)6-16-3-2-10(13)14-16/h2-4,7H,5-6H2,1H3,(H2,13,14). The lowest BCUT2D eigenvalue weighted by atomic mass is 10.4. The number of thiophene rings is 1. The van der Waals surface area contributed by atoms with E-state index in [-0.39, 0.29) is 12.5 Å². The predicted octanol–water partition coefficient (Wildman–Crippen LogP) is 1.95. The highest BCUT2D eigenvalue weighted by Crippen LogP contribution is 2.20.